The quantitative estimate of drug-likeness (QED) is 0.834. The summed E-state index contributed by atoms with van der Waals surface area (Å²) in [6.07, 6.45) is 2.62. The lowest BCUT2D eigenvalue weighted by Crippen LogP contribution is -2.25. The Morgan fingerprint density at radius 3 is 2.78 bits per heavy atom. The summed E-state index contributed by atoms with van der Waals surface area (Å²) in [5.41, 5.74) is 10.4. The summed E-state index contributed by atoms with van der Waals surface area (Å²) in [5.74, 6) is 1.30. The van der Waals surface area contributed by atoms with E-state index in [0.717, 1.165) is 12.1 Å². The molecule has 0 amide bonds. The molecular formula is C15H18N2O. The van der Waals surface area contributed by atoms with E-state index in [1.807, 2.05) is 0 Å². The van der Waals surface area contributed by atoms with E-state index in [2.05, 4.69) is 43.3 Å². The van der Waals surface area contributed by atoms with Crippen LogP contribution in [0.5, 0.6) is 0 Å². The van der Waals surface area contributed by atoms with Crippen LogP contribution in [0.15, 0.2) is 35.1 Å². The van der Waals surface area contributed by atoms with Crippen molar-refractivity contribution >= 4 is 5.69 Å². The van der Waals surface area contributed by atoms with Gasteiger partial charge in [-0.1, -0.05) is 43.3 Å². The number of anilines is 1. The average Bonchev–Trinajstić information content (AvgIpc) is 2.76. The number of nitrogens with zero attached hydrogens (tertiary/aromatic N) is 1. The Bertz CT molecular complexity index is 561. The molecule has 1 aliphatic rings. The summed E-state index contributed by atoms with van der Waals surface area (Å²) in [6, 6.07) is 8.66. The molecule has 3 unspecified atom stereocenters. The summed E-state index contributed by atoms with van der Waals surface area (Å²) >= 11 is 0. The van der Waals surface area contributed by atoms with Crippen molar-refractivity contribution in [2.45, 2.75) is 32.1 Å². The van der Waals surface area contributed by atoms with Gasteiger partial charge in [0.05, 0.1) is 5.69 Å². The van der Waals surface area contributed by atoms with Crippen LogP contribution in [0, 0.1) is 5.92 Å². The van der Waals surface area contributed by atoms with Crippen molar-refractivity contribution in [2.75, 3.05) is 5.73 Å². The van der Waals surface area contributed by atoms with Crippen LogP contribution < -0.4 is 5.73 Å². The predicted octanol–water partition coefficient (Wildman–Crippen LogP) is 3.34. The van der Waals surface area contributed by atoms with Gasteiger partial charge in [0.1, 0.15) is 12.0 Å². The first kappa shape index (κ1) is 11.3. The lowest BCUT2D eigenvalue weighted by atomic mass is 9.69. The number of nitrogen functional groups attached to an aromatic ring is 1. The highest BCUT2D eigenvalue weighted by molar-refractivity contribution is 5.45. The van der Waals surface area contributed by atoms with Gasteiger partial charge < -0.3 is 10.3 Å². The highest BCUT2D eigenvalue weighted by Gasteiger charge is 2.35. The third-order valence-electron chi connectivity index (χ3n) is 4.18. The van der Waals surface area contributed by atoms with Crippen molar-refractivity contribution in [3.8, 4) is 0 Å². The van der Waals surface area contributed by atoms with Crippen LogP contribution in [0.25, 0.3) is 0 Å². The predicted molar refractivity (Wildman–Crippen MR) is 71.4 cm³/mol. The third-order valence-corrected chi connectivity index (χ3v) is 4.18. The van der Waals surface area contributed by atoms with E-state index in [4.69, 9.17) is 10.3 Å². The third kappa shape index (κ3) is 1.62. The number of fused-ring (bicyclic) bond motifs is 1. The molecule has 0 saturated carbocycles. The molecule has 2 N–H and O–H groups in total. The molecule has 18 heavy (non-hydrogen) atoms. The summed E-state index contributed by atoms with van der Waals surface area (Å²) in [4.78, 5) is 0. The largest absolute Gasteiger partial charge is 0.395 e. The second-order valence-corrected chi connectivity index (χ2v) is 5.35. The number of aromatic nitrogens is 1. The van der Waals surface area contributed by atoms with Gasteiger partial charge in [-0.25, -0.2) is 0 Å². The molecule has 1 aromatic carbocycles. The Hall–Kier alpha value is -1.77. The lowest BCUT2D eigenvalue weighted by Gasteiger charge is -2.35. The molecule has 94 valence electrons. The van der Waals surface area contributed by atoms with E-state index in [0.29, 0.717) is 23.4 Å². The second-order valence-electron chi connectivity index (χ2n) is 5.35. The minimum Gasteiger partial charge on any atom is -0.395 e. The standard InChI is InChI=1S/C15H18N2O/c1-9-7-11-5-3-4-6-12(11)10(2)14(9)15-13(16)8-18-17-15/h3-6,8-10,14H,7,16H2,1-2H3. The number of hydrogen-bond acceptors (Lipinski definition) is 3. The molecule has 1 aliphatic carbocycles. The average molecular weight is 242 g/mol. The lowest BCUT2D eigenvalue weighted by molar-refractivity contribution is 0.342. The molecule has 0 saturated heterocycles. The molecule has 0 spiro atoms. The molecule has 0 radical (unpaired) electrons. The number of hydrogen-bond donors (Lipinski definition) is 1. The Kier molecular flexibility index (Phi) is 2.62. The smallest absolute Gasteiger partial charge is 0.147 e. The van der Waals surface area contributed by atoms with Gasteiger partial charge in [-0.15, -0.1) is 0 Å². The maximum atomic E-state index is 5.96. The van der Waals surface area contributed by atoms with Gasteiger partial charge in [0, 0.05) is 5.92 Å². The number of nitrogens with two attached hydrogens (primary N) is 1. The zero-order valence-corrected chi connectivity index (χ0v) is 10.8. The Balaban J connectivity index is 2.06. The fourth-order valence-electron chi connectivity index (χ4n) is 3.34. The van der Waals surface area contributed by atoms with E-state index >= 15 is 0 Å². The minimum atomic E-state index is 0.346. The van der Waals surface area contributed by atoms with Crippen molar-refractivity contribution in [1.82, 2.24) is 5.16 Å². The Morgan fingerprint density at radius 1 is 1.28 bits per heavy atom. The van der Waals surface area contributed by atoms with Crippen molar-refractivity contribution in [3.63, 3.8) is 0 Å². The van der Waals surface area contributed by atoms with E-state index in [1.54, 1.807) is 0 Å². The molecule has 3 nitrogen and oxygen atoms in total. The molecule has 1 aromatic heterocycles. The summed E-state index contributed by atoms with van der Waals surface area (Å²) in [6.45, 7) is 4.53. The van der Waals surface area contributed by atoms with Gasteiger partial charge in [0.25, 0.3) is 0 Å². The normalized spacial score (nSPS) is 26.9. The monoisotopic (exact) mass is 242 g/mol. The van der Waals surface area contributed by atoms with E-state index < -0.39 is 0 Å². The first-order chi connectivity index (χ1) is 8.68. The highest BCUT2D eigenvalue weighted by Crippen LogP contribution is 2.46. The van der Waals surface area contributed by atoms with Crippen molar-refractivity contribution < 1.29 is 4.52 Å². The van der Waals surface area contributed by atoms with Gasteiger partial charge in [0.2, 0.25) is 0 Å². The first-order valence-corrected chi connectivity index (χ1v) is 6.46. The fraction of sp³-hybridized carbons (Fsp3) is 0.400. The summed E-state index contributed by atoms with van der Waals surface area (Å²) < 4.78 is 5.01. The van der Waals surface area contributed by atoms with Gasteiger partial charge >= 0.3 is 0 Å². The molecule has 0 bridgehead atoms. The van der Waals surface area contributed by atoms with Crippen molar-refractivity contribution in [2.24, 2.45) is 5.92 Å². The van der Waals surface area contributed by atoms with Crippen LogP contribution in [0.4, 0.5) is 5.69 Å². The van der Waals surface area contributed by atoms with Gasteiger partial charge in [-0.3, -0.25) is 0 Å². The zero-order valence-electron chi connectivity index (χ0n) is 10.8. The molecule has 0 aliphatic heterocycles. The fourth-order valence-corrected chi connectivity index (χ4v) is 3.34. The Labute approximate surface area is 107 Å². The van der Waals surface area contributed by atoms with Gasteiger partial charge in [-0.2, -0.15) is 0 Å². The number of rotatable bonds is 1. The molecule has 3 heteroatoms. The molecule has 1 heterocycles. The second kappa shape index (κ2) is 4.16. The summed E-state index contributed by atoms with van der Waals surface area (Å²) in [5, 5.41) is 4.11. The molecule has 2 aromatic rings. The number of benzene rings is 1. The van der Waals surface area contributed by atoms with Crippen LogP contribution in [0.1, 0.15) is 42.5 Å². The Morgan fingerprint density at radius 2 is 2.06 bits per heavy atom. The van der Waals surface area contributed by atoms with Crippen LogP contribution >= 0.6 is 0 Å². The molecular weight excluding hydrogens is 224 g/mol. The van der Waals surface area contributed by atoms with Crippen LogP contribution in [-0.2, 0) is 6.42 Å². The van der Waals surface area contributed by atoms with Gasteiger partial charge in [0.15, 0.2) is 0 Å². The molecule has 3 atom stereocenters. The maximum absolute atomic E-state index is 5.96. The molecule has 0 fully saturated rings. The topological polar surface area (TPSA) is 52.0 Å². The highest BCUT2D eigenvalue weighted by atomic mass is 16.5. The van der Waals surface area contributed by atoms with Crippen molar-refractivity contribution in [1.29, 1.82) is 0 Å². The van der Waals surface area contributed by atoms with E-state index in [1.165, 1.54) is 17.4 Å². The first-order valence-electron chi connectivity index (χ1n) is 6.46. The SMILES string of the molecule is CC1Cc2ccccc2C(C)C1c1nocc1N. The van der Waals surface area contributed by atoms with Crippen LogP contribution in [0.3, 0.4) is 0 Å². The van der Waals surface area contributed by atoms with E-state index in [-0.39, 0.29) is 0 Å². The van der Waals surface area contributed by atoms with Gasteiger partial charge in [-0.05, 0) is 29.4 Å². The maximum Gasteiger partial charge on any atom is 0.147 e. The minimum absolute atomic E-state index is 0.346. The molecule has 3 rings (SSSR count). The van der Waals surface area contributed by atoms with E-state index in [9.17, 15) is 0 Å². The summed E-state index contributed by atoms with van der Waals surface area (Å²) in [7, 11) is 0. The van der Waals surface area contributed by atoms with Crippen molar-refractivity contribution in [3.05, 3.63) is 47.3 Å². The van der Waals surface area contributed by atoms with Crippen LogP contribution in [0.2, 0.25) is 0 Å². The van der Waals surface area contributed by atoms with Crippen LogP contribution in [-0.4, -0.2) is 5.16 Å². The zero-order chi connectivity index (χ0) is 12.7.